The maximum absolute atomic E-state index is 11.6. The van der Waals surface area contributed by atoms with Crippen molar-refractivity contribution < 1.29 is 14.6 Å². The van der Waals surface area contributed by atoms with E-state index in [2.05, 4.69) is 10.5 Å². The van der Waals surface area contributed by atoms with Crippen molar-refractivity contribution in [1.29, 1.82) is 0 Å². The molecule has 0 heterocycles. The topological polar surface area (TPSA) is 70.9 Å². The molecule has 0 unspecified atom stereocenters. The first-order valence-corrected chi connectivity index (χ1v) is 6.92. The number of halogens is 1. The first kappa shape index (κ1) is 15.9. The molecule has 0 bridgehead atoms. The van der Waals surface area contributed by atoms with Crippen LogP contribution in [0.4, 0.5) is 0 Å². The summed E-state index contributed by atoms with van der Waals surface area (Å²) in [6.07, 6.45) is 1.43. The maximum atomic E-state index is 11.6. The molecule has 114 valence electrons. The molecule has 0 aromatic heterocycles. The Balaban J connectivity index is 1.81. The molecule has 22 heavy (non-hydrogen) atoms. The lowest BCUT2D eigenvalue weighted by molar-refractivity contribution is -0.123. The van der Waals surface area contributed by atoms with Gasteiger partial charge in [0.1, 0.15) is 11.5 Å². The fourth-order valence-corrected chi connectivity index (χ4v) is 1.79. The largest absolute Gasteiger partial charge is 0.508 e. The van der Waals surface area contributed by atoms with Crippen LogP contribution in [0, 0.1) is 6.92 Å². The van der Waals surface area contributed by atoms with Crippen molar-refractivity contribution in [2.24, 2.45) is 5.10 Å². The molecule has 2 rings (SSSR count). The number of nitrogens with one attached hydrogen (secondary N) is 1. The number of phenols is 1. The zero-order chi connectivity index (χ0) is 15.9. The number of hydrazone groups is 1. The SMILES string of the molecule is Cc1cc(OCC(=O)NN=Cc2cccc(O)c2)ccc1Cl. The van der Waals surface area contributed by atoms with Gasteiger partial charge in [-0.3, -0.25) is 4.79 Å². The molecule has 1 amide bonds. The van der Waals surface area contributed by atoms with Crippen molar-refractivity contribution in [3.63, 3.8) is 0 Å². The molecule has 0 radical (unpaired) electrons. The molecule has 0 saturated carbocycles. The summed E-state index contributed by atoms with van der Waals surface area (Å²) in [5.41, 5.74) is 3.90. The van der Waals surface area contributed by atoms with Crippen molar-refractivity contribution in [3.8, 4) is 11.5 Å². The molecule has 0 atom stereocenters. The highest BCUT2D eigenvalue weighted by Crippen LogP contribution is 2.20. The van der Waals surface area contributed by atoms with Gasteiger partial charge in [0.05, 0.1) is 6.21 Å². The van der Waals surface area contributed by atoms with E-state index in [9.17, 15) is 9.90 Å². The first-order valence-electron chi connectivity index (χ1n) is 6.54. The van der Waals surface area contributed by atoms with Crippen molar-refractivity contribution >= 4 is 23.7 Å². The highest BCUT2D eigenvalue weighted by atomic mass is 35.5. The number of ether oxygens (including phenoxy) is 1. The van der Waals surface area contributed by atoms with Crippen LogP contribution in [0.1, 0.15) is 11.1 Å². The number of carbonyl (C=O) groups is 1. The van der Waals surface area contributed by atoms with Gasteiger partial charge < -0.3 is 9.84 Å². The number of amides is 1. The molecule has 0 aliphatic heterocycles. The molecule has 2 aromatic carbocycles. The maximum Gasteiger partial charge on any atom is 0.277 e. The van der Waals surface area contributed by atoms with Crippen LogP contribution in [0.25, 0.3) is 0 Å². The average molecular weight is 319 g/mol. The minimum atomic E-state index is -0.385. The summed E-state index contributed by atoms with van der Waals surface area (Å²) in [5.74, 6) is 0.315. The van der Waals surface area contributed by atoms with Crippen LogP contribution in [-0.2, 0) is 4.79 Å². The summed E-state index contributed by atoms with van der Waals surface area (Å²) in [5, 5.41) is 13.7. The Bertz CT molecular complexity index is 702. The number of benzene rings is 2. The van der Waals surface area contributed by atoms with Gasteiger partial charge in [-0.25, -0.2) is 5.43 Å². The second-order valence-electron chi connectivity index (χ2n) is 4.59. The molecule has 0 spiro atoms. The molecule has 6 heteroatoms. The number of carbonyl (C=O) groups excluding carboxylic acids is 1. The number of phenolic OH excluding ortho intramolecular Hbond substituents is 1. The van der Waals surface area contributed by atoms with Gasteiger partial charge in [0, 0.05) is 5.02 Å². The molecule has 0 saturated heterocycles. The molecule has 0 aliphatic rings. The van der Waals surface area contributed by atoms with Crippen LogP contribution in [0.15, 0.2) is 47.6 Å². The van der Waals surface area contributed by atoms with E-state index in [1.165, 1.54) is 12.3 Å². The third kappa shape index (κ3) is 4.79. The minimum Gasteiger partial charge on any atom is -0.508 e. The second kappa shape index (κ2) is 7.47. The van der Waals surface area contributed by atoms with E-state index in [1.807, 2.05) is 6.92 Å². The zero-order valence-electron chi connectivity index (χ0n) is 11.9. The standard InChI is InChI=1S/C16H15ClN2O3/c1-11-7-14(5-6-15(11)17)22-10-16(21)19-18-9-12-3-2-4-13(20)8-12/h2-9,20H,10H2,1H3,(H,19,21). The summed E-state index contributed by atoms with van der Waals surface area (Å²) >= 11 is 5.91. The highest BCUT2D eigenvalue weighted by Gasteiger charge is 2.03. The van der Waals surface area contributed by atoms with Crippen LogP contribution >= 0.6 is 11.6 Å². The fraction of sp³-hybridized carbons (Fsp3) is 0.125. The number of rotatable bonds is 5. The van der Waals surface area contributed by atoms with Gasteiger partial charge in [0.25, 0.3) is 5.91 Å². The predicted molar refractivity (Wildman–Crippen MR) is 85.5 cm³/mol. The monoisotopic (exact) mass is 318 g/mol. The molecular weight excluding hydrogens is 304 g/mol. The summed E-state index contributed by atoms with van der Waals surface area (Å²) in [6, 6.07) is 11.7. The molecule has 5 nitrogen and oxygen atoms in total. The third-order valence-electron chi connectivity index (χ3n) is 2.77. The Labute approximate surface area is 133 Å². The summed E-state index contributed by atoms with van der Waals surface area (Å²) in [7, 11) is 0. The van der Waals surface area contributed by atoms with Gasteiger partial charge in [-0.2, -0.15) is 5.10 Å². The molecule has 2 N–H and O–H groups in total. The van der Waals surface area contributed by atoms with Gasteiger partial charge in [0.2, 0.25) is 0 Å². The quantitative estimate of drug-likeness (QED) is 0.658. The summed E-state index contributed by atoms with van der Waals surface area (Å²) in [6.45, 7) is 1.70. The van der Waals surface area contributed by atoms with Crippen LogP contribution < -0.4 is 10.2 Å². The average Bonchev–Trinajstić information content (AvgIpc) is 2.48. The zero-order valence-corrected chi connectivity index (χ0v) is 12.7. The Morgan fingerprint density at radius 1 is 1.36 bits per heavy atom. The number of aryl methyl sites for hydroxylation is 1. The fourth-order valence-electron chi connectivity index (χ4n) is 1.67. The van der Waals surface area contributed by atoms with Crippen molar-refractivity contribution in [2.45, 2.75) is 6.92 Å². The Morgan fingerprint density at radius 3 is 2.91 bits per heavy atom. The molecule has 0 fully saturated rings. The van der Waals surface area contributed by atoms with E-state index < -0.39 is 0 Å². The van der Waals surface area contributed by atoms with Crippen LogP contribution in [0.2, 0.25) is 5.02 Å². The van der Waals surface area contributed by atoms with Crippen LogP contribution in [0.3, 0.4) is 0 Å². The normalized spacial score (nSPS) is 10.6. The smallest absolute Gasteiger partial charge is 0.277 e. The second-order valence-corrected chi connectivity index (χ2v) is 5.00. The van der Waals surface area contributed by atoms with Gasteiger partial charge in [0.15, 0.2) is 6.61 Å². The lowest BCUT2D eigenvalue weighted by atomic mass is 10.2. The van der Waals surface area contributed by atoms with E-state index in [0.29, 0.717) is 16.3 Å². The van der Waals surface area contributed by atoms with Crippen molar-refractivity contribution in [1.82, 2.24) is 5.43 Å². The third-order valence-corrected chi connectivity index (χ3v) is 3.20. The molecular formula is C16H15ClN2O3. The molecule has 2 aromatic rings. The van der Waals surface area contributed by atoms with Gasteiger partial charge in [-0.05, 0) is 48.4 Å². The first-order chi connectivity index (χ1) is 10.5. The van der Waals surface area contributed by atoms with Crippen LogP contribution in [0.5, 0.6) is 11.5 Å². The number of hydrogen-bond acceptors (Lipinski definition) is 4. The van der Waals surface area contributed by atoms with Gasteiger partial charge in [-0.15, -0.1) is 0 Å². The van der Waals surface area contributed by atoms with E-state index in [4.69, 9.17) is 16.3 Å². The van der Waals surface area contributed by atoms with E-state index in [-0.39, 0.29) is 18.3 Å². The number of aromatic hydroxyl groups is 1. The van der Waals surface area contributed by atoms with Gasteiger partial charge >= 0.3 is 0 Å². The Kier molecular flexibility index (Phi) is 5.38. The predicted octanol–water partition coefficient (Wildman–Crippen LogP) is 2.88. The van der Waals surface area contributed by atoms with E-state index in [0.717, 1.165) is 5.56 Å². The van der Waals surface area contributed by atoms with Crippen LogP contribution in [-0.4, -0.2) is 23.8 Å². The molecule has 0 aliphatic carbocycles. The Hall–Kier alpha value is -2.53. The number of hydrogen-bond donors (Lipinski definition) is 2. The van der Waals surface area contributed by atoms with E-state index >= 15 is 0 Å². The van der Waals surface area contributed by atoms with Crippen molar-refractivity contribution in [3.05, 3.63) is 58.6 Å². The summed E-state index contributed by atoms with van der Waals surface area (Å²) in [4.78, 5) is 11.6. The summed E-state index contributed by atoms with van der Waals surface area (Å²) < 4.78 is 5.34. The van der Waals surface area contributed by atoms with Gasteiger partial charge in [-0.1, -0.05) is 23.7 Å². The minimum absolute atomic E-state index is 0.136. The Morgan fingerprint density at radius 2 is 2.18 bits per heavy atom. The number of nitrogens with zero attached hydrogens (tertiary/aromatic N) is 1. The lowest BCUT2D eigenvalue weighted by Crippen LogP contribution is -2.24. The highest BCUT2D eigenvalue weighted by molar-refractivity contribution is 6.31. The van der Waals surface area contributed by atoms with Crippen molar-refractivity contribution in [2.75, 3.05) is 6.61 Å². The lowest BCUT2D eigenvalue weighted by Gasteiger charge is -2.06. The van der Waals surface area contributed by atoms with E-state index in [1.54, 1.807) is 36.4 Å².